The fourth-order valence-corrected chi connectivity index (χ4v) is 1.52. The summed E-state index contributed by atoms with van der Waals surface area (Å²) in [6.07, 6.45) is -4.34. The topological polar surface area (TPSA) is 21.3 Å². The molecule has 1 aromatic carbocycles. The van der Waals surface area contributed by atoms with Crippen LogP contribution in [0.1, 0.15) is 26.3 Å². The molecule has 1 aromatic rings. The van der Waals surface area contributed by atoms with Gasteiger partial charge in [0.2, 0.25) is 0 Å². The molecule has 0 bridgehead atoms. The quantitative estimate of drug-likeness (QED) is 0.876. The van der Waals surface area contributed by atoms with E-state index >= 15 is 0 Å². The number of alkyl halides is 3. The molecule has 0 aliphatic carbocycles. The van der Waals surface area contributed by atoms with Gasteiger partial charge in [-0.1, -0.05) is 13.0 Å². The first-order chi connectivity index (χ1) is 8.24. The highest BCUT2D eigenvalue weighted by Gasteiger charge is 2.31. The Kier molecular flexibility index (Phi) is 4.62. The third kappa shape index (κ3) is 4.56. The van der Waals surface area contributed by atoms with Crippen molar-refractivity contribution in [1.82, 2.24) is 5.32 Å². The number of benzene rings is 1. The Balaban J connectivity index is 2.79. The van der Waals surface area contributed by atoms with Gasteiger partial charge in [0, 0.05) is 6.54 Å². The molecule has 5 heteroatoms. The molecule has 0 aliphatic heterocycles. The first kappa shape index (κ1) is 14.8. The second-order valence-corrected chi connectivity index (χ2v) is 4.67. The van der Waals surface area contributed by atoms with Crippen molar-refractivity contribution in [3.8, 4) is 5.75 Å². The summed E-state index contributed by atoms with van der Waals surface area (Å²) in [5, 5.41) is 3.11. The van der Waals surface area contributed by atoms with Crippen LogP contribution < -0.4 is 10.1 Å². The van der Waals surface area contributed by atoms with Gasteiger partial charge in [-0.25, -0.2) is 0 Å². The summed E-state index contributed by atoms with van der Waals surface area (Å²) < 4.78 is 43.2. The average molecular weight is 261 g/mol. The van der Waals surface area contributed by atoms with Gasteiger partial charge in [-0.3, -0.25) is 0 Å². The highest BCUT2D eigenvalue weighted by molar-refractivity contribution is 5.30. The van der Waals surface area contributed by atoms with Crippen LogP contribution in [0.2, 0.25) is 0 Å². The molecule has 0 atom stereocenters. The Morgan fingerprint density at radius 1 is 1.22 bits per heavy atom. The maximum Gasteiger partial charge on any atom is 0.416 e. The Labute approximate surface area is 105 Å². The van der Waals surface area contributed by atoms with Gasteiger partial charge in [0.25, 0.3) is 0 Å². The van der Waals surface area contributed by atoms with Gasteiger partial charge in [0.15, 0.2) is 0 Å². The van der Waals surface area contributed by atoms with Crippen LogP contribution in [0.15, 0.2) is 24.3 Å². The van der Waals surface area contributed by atoms with Gasteiger partial charge in [-0.2, -0.15) is 13.2 Å². The molecule has 0 heterocycles. The zero-order chi connectivity index (χ0) is 13.8. The van der Waals surface area contributed by atoms with E-state index in [-0.39, 0.29) is 5.75 Å². The van der Waals surface area contributed by atoms with Gasteiger partial charge < -0.3 is 10.1 Å². The van der Waals surface area contributed by atoms with Crippen LogP contribution in [0.25, 0.3) is 0 Å². The first-order valence-electron chi connectivity index (χ1n) is 5.81. The van der Waals surface area contributed by atoms with Crippen molar-refractivity contribution < 1.29 is 17.9 Å². The molecule has 102 valence electrons. The van der Waals surface area contributed by atoms with Crippen LogP contribution in [-0.4, -0.2) is 18.7 Å². The summed E-state index contributed by atoms with van der Waals surface area (Å²) in [7, 11) is 0. The molecule has 0 saturated heterocycles. The van der Waals surface area contributed by atoms with Crippen molar-refractivity contribution in [2.45, 2.75) is 32.5 Å². The standard InChI is InChI=1S/C13H18F3NO/c1-4-17-9-12(2,3)18-11-7-5-6-10(8-11)13(14,15)16/h5-8,17H,4,9H2,1-3H3. The molecule has 0 radical (unpaired) electrons. The van der Waals surface area contributed by atoms with E-state index in [1.807, 2.05) is 20.8 Å². The predicted octanol–water partition coefficient (Wildman–Crippen LogP) is 3.47. The van der Waals surface area contributed by atoms with Gasteiger partial charge in [0.1, 0.15) is 11.4 Å². The number of halogens is 3. The van der Waals surface area contributed by atoms with Crippen LogP contribution in [0, 0.1) is 0 Å². The maximum absolute atomic E-state index is 12.5. The van der Waals surface area contributed by atoms with Crippen LogP contribution >= 0.6 is 0 Å². The zero-order valence-electron chi connectivity index (χ0n) is 10.8. The van der Waals surface area contributed by atoms with Crippen LogP contribution in [0.5, 0.6) is 5.75 Å². The molecular weight excluding hydrogens is 243 g/mol. The monoisotopic (exact) mass is 261 g/mol. The van der Waals surface area contributed by atoms with Crippen LogP contribution in [-0.2, 0) is 6.18 Å². The highest BCUT2D eigenvalue weighted by Crippen LogP contribution is 2.32. The number of nitrogens with one attached hydrogen (secondary N) is 1. The lowest BCUT2D eigenvalue weighted by Gasteiger charge is -2.27. The van der Waals surface area contributed by atoms with Gasteiger partial charge in [0.05, 0.1) is 5.56 Å². The number of hydrogen-bond acceptors (Lipinski definition) is 2. The summed E-state index contributed by atoms with van der Waals surface area (Å²) in [5.74, 6) is 0.229. The van der Waals surface area contributed by atoms with E-state index in [0.29, 0.717) is 6.54 Å². The van der Waals surface area contributed by atoms with E-state index in [1.54, 1.807) is 0 Å². The molecule has 1 N–H and O–H groups in total. The second-order valence-electron chi connectivity index (χ2n) is 4.67. The molecule has 0 saturated carbocycles. The zero-order valence-corrected chi connectivity index (χ0v) is 10.8. The number of rotatable bonds is 5. The lowest BCUT2D eigenvalue weighted by molar-refractivity contribution is -0.137. The van der Waals surface area contributed by atoms with E-state index in [4.69, 9.17) is 4.74 Å². The summed E-state index contributed by atoms with van der Waals surface area (Å²) in [5.41, 5.74) is -1.25. The third-order valence-corrected chi connectivity index (χ3v) is 2.36. The van der Waals surface area contributed by atoms with Crippen LogP contribution in [0.3, 0.4) is 0 Å². The van der Waals surface area contributed by atoms with Gasteiger partial charge in [-0.15, -0.1) is 0 Å². The van der Waals surface area contributed by atoms with Crippen molar-refractivity contribution in [3.63, 3.8) is 0 Å². The largest absolute Gasteiger partial charge is 0.487 e. The molecule has 0 spiro atoms. The van der Waals surface area contributed by atoms with Gasteiger partial charge >= 0.3 is 6.18 Å². The predicted molar refractivity (Wildman–Crippen MR) is 64.7 cm³/mol. The Hall–Kier alpha value is -1.23. The number of hydrogen-bond donors (Lipinski definition) is 1. The minimum atomic E-state index is -4.34. The van der Waals surface area contributed by atoms with E-state index in [0.717, 1.165) is 18.7 Å². The number of ether oxygens (including phenoxy) is 1. The summed E-state index contributed by atoms with van der Waals surface area (Å²) >= 11 is 0. The minimum absolute atomic E-state index is 0.229. The Bertz CT molecular complexity index is 388. The van der Waals surface area contributed by atoms with E-state index in [1.165, 1.54) is 12.1 Å². The van der Waals surface area contributed by atoms with Crippen molar-refractivity contribution in [1.29, 1.82) is 0 Å². The molecule has 0 aliphatic rings. The lowest BCUT2D eigenvalue weighted by Crippen LogP contribution is -2.40. The molecule has 0 unspecified atom stereocenters. The van der Waals surface area contributed by atoms with E-state index in [9.17, 15) is 13.2 Å². The molecule has 0 amide bonds. The van der Waals surface area contributed by atoms with Crippen molar-refractivity contribution in [2.24, 2.45) is 0 Å². The van der Waals surface area contributed by atoms with Crippen molar-refractivity contribution >= 4 is 0 Å². The van der Waals surface area contributed by atoms with Gasteiger partial charge in [-0.05, 0) is 38.6 Å². The maximum atomic E-state index is 12.5. The highest BCUT2D eigenvalue weighted by atomic mass is 19.4. The normalized spacial score (nSPS) is 12.6. The fourth-order valence-electron chi connectivity index (χ4n) is 1.52. The molecule has 18 heavy (non-hydrogen) atoms. The molecule has 1 rings (SSSR count). The molecular formula is C13H18F3NO. The van der Waals surface area contributed by atoms with Crippen molar-refractivity contribution in [2.75, 3.05) is 13.1 Å². The Morgan fingerprint density at radius 3 is 2.44 bits per heavy atom. The average Bonchev–Trinajstić information content (AvgIpc) is 2.25. The third-order valence-electron chi connectivity index (χ3n) is 2.36. The summed E-state index contributed by atoms with van der Waals surface area (Å²) in [6, 6.07) is 4.93. The number of likely N-dealkylation sites (N-methyl/N-ethyl adjacent to an activating group) is 1. The smallest absolute Gasteiger partial charge is 0.416 e. The molecule has 2 nitrogen and oxygen atoms in total. The SMILES string of the molecule is CCNCC(C)(C)Oc1cccc(C(F)(F)F)c1. The molecule has 0 fully saturated rings. The molecule has 0 aromatic heterocycles. The van der Waals surface area contributed by atoms with Crippen molar-refractivity contribution in [3.05, 3.63) is 29.8 Å². The van der Waals surface area contributed by atoms with E-state index in [2.05, 4.69) is 5.32 Å². The summed E-state index contributed by atoms with van der Waals surface area (Å²) in [6.45, 7) is 6.97. The minimum Gasteiger partial charge on any atom is -0.487 e. The van der Waals surface area contributed by atoms with Crippen LogP contribution in [0.4, 0.5) is 13.2 Å². The fraction of sp³-hybridized carbons (Fsp3) is 0.538. The lowest BCUT2D eigenvalue weighted by atomic mass is 10.1. The Morgan fingerprint density at radius 2 is 1.89 bits per heavy atom. The second kappa shape index (κ2) is 5.61. The van der Waals surface area contributed by atoms with E-state index < -0.39 is 17.3 Å². The first-order valence-corrected chi connectivity index (χ1v) is 5.81. The summed E-state index contributed by atoms with van der Waals surface area (Å²) in [4.78, 5) is 0.